The number of anilines is 1. The topological polar surface area (TPSA) is 71.8 Å². The fraction of sp³-hybridized carbons (Fsp3) is 0.118. The number of urea groups is 1. The number of amides is 2. The molecule has 0 atom stereocenters. The molecule has 2 N–H and O–H groups in total. The summed E-state index contributed by atoms with van der Waals surface area (Å²) in [5.74, 6) is -0.349. The Kier molecular flexibility index (Phi) is 4.51. The third-order valence-corrected chi connectivity index (χ3v) is 3.44. The highest BCUT2D eigenvalue weighted by molar-refractivity contribution is 5.89. The van der Waals surface area contributed by atoms with Gasteiger partial charge in [0.05, 0.1) is 17.9 Å². The fourth-order valence-corrected chi connectivity index (χ4v) is 2.29. The van der Waals surface area contributed by atoms with Crippen LogP contribution in [0, 0.1) is 5.82 Å². The summed E-state index contributed by atoms with van der Waals surface area (Å²) in [4.78, 5) is 15.9. The van der Waals surface area contributed by atoms with Gasteiger partial charge in [-0.25, -0.2) is 9.18 Å². The predicted molar refractivity (Wildman–Crippen MR) is 88.7 cm³/mol. The van der Waals surface area contributed by atoms with Gasteiger partial charge in [0.2, 0.25) is 0 Å². The lowest BCUT2D eigenvalue weighted by atomic mass is 10.2. The molecular formula is C17H16FN5O. The Morgan fingerprint density at radius 3 is 2.58 bits per heavy atom. The summed E-state index contributed by atoms with van der Waals surface area (Å²) >= 11 is 0. The van der Waals surface area contributed by atoms with Crippen molar-refractivity contribution in [3.8, 4) is 11.3 Å². The number of halogens is 1. The van der Waals surface area contributed by atoms with Crippen LogP contribution in [-0.2, 0) is 13.6 Å². The zero-order chi connectivity index (χ0) is 16.9. The van der Waals surface area contributed by atoms with Gasteiger partial charge in [-0.2, -0.15) is 5.10 Å². The van der Waals surface area contributed by atoms with E-state index in [9.17, 15) is 9.18 Å². The minimum absolute atomic E-state index is 0.284. The van der Waals surface area contributed by atoms with E-state index in [1.165, 1.54) is 24.3 Å². The van der Waals surface area contributed by atoms with E-state index in [4.69, 9.17) is 0 Å². The van der Waals surface area contributed by atoms with Crippen molar-refractivity contribution < 1.29 is 9.18 Å². The first-order valence-corrected chi connectivity index (χ1v) is 7.35. The maximum absolute atomic E-state index is 12.8. The Hall–Kier alpha value is -3.22. The molecule has 0 fully saturated rings. The standard InChI is InChI=1S/C17H16FN5O/c1-23-16(12-6-8-19-9-7-12)10-15(22-23)11-20-17(24)21-14-4-2-13(18)3-5-14/h2-10H,11H2,1H3,(H2,20,21,24). The molecule has 3 rings (SSSR count). The number of aromatic nitrogens is 3. The molecule has 3 aromatic rings. The van der Waals surface area contributed by atoms with Crippen LogP contribution in [0.15, 0.2) is 54.9 Å². The third-order valence-electron chi connectivity index (χ3n) is 3.44. The number of nitrogens with zero attached hydrogens (tertiary/aromatic N) is 3. The summed E-state index contributed by atoms with van der Waals surface area (Å²) in [7, 11) is 1.85. The maximum atomic E-state index is 12.8. The van der Waals surface area contributed by atoms with Crippen LogP contribution in [0.25, 0.3) is 11.3 Å². The largest absolute Gasteiger partial charge is 0.332 e. The van der Waals surface area contributed by atoms with Crippen molar-refractivity contribution in [1.82, 2.24) is 20.1 Å². The number of hydrogen-bond donors (Lipinski definition) is 2. The van der Waals surface area contributed by atoms with Gasteiger partial charge in [0.25, 0.3) is 0 Å². The van der Waals surface area contributed by atoms with Gasteiger partial charge in [0, 0.05) is 30.7 Å². The molecule has 2 aromatic heterocycles. The van der Waals surface area contributed by atoms with Gasteiger partial charge in [-0.3, -0.25) is 9.67 Å². The van der Waals surface area contributed by atoms with Crippen LogP contribution in [0.1, 0.15) is 5.69 Å². The maximum Gasteiger partial charge on any atom is 0.319 e. The van der Waals surface area contributed by atoms with Crippen LogP contribution >= 0.6 is 0 Å². The number of carbonyl (C=O) groups excluding carboxylic acids is 1. The van der Waals surface area contributed by atoms with E-state index < -0.39 is 0 Å². The molecule has 0 aliphatic heterocycles. The van der Waals surface area contributed by atoms with Crippen LogP contribution < -0.4 is 10.6 Å². The van der Waals surface area contributed by atoms with E-state index in [1.54, 1.807) is 17.1 Å². The molecule has 0 bridgehead atoms. The molecule has 7 heteroatoms. The molecule has 0 saturated heterocycles. The van der Waals surface area contributed by atoms with Crippen molar-refractivity contribution in [3.63, 3.8) is 0 Å². The first kappa shape index (κ1) is 15.7. The van der Waals surface area contributed by atoms with Crippen molar-refractivity contribution in [2.24, 2.45) is 7.05 Å². The van der Waals surface area contributed by atoms with Crippen molar-refractivity contribution in [2.75, 3.05) is 5.32 Å². The highest BCUT2D eigenvalue weighted by Crippen LogP contribution is 2.18. The molecule has 0 unspecified atom stereocenters. The number of nitrogens with one attached hydrogen (secondary N) is 2. The van der Waals surface area contributed by atoms with Crippen LogP contribution in [0.2, 0.25) is 0 Å². The lowest BCUT2D eigenvalue weighted by Crippen LogP contribution is -2.28. The Balaban J connectivity index is 1.61. The number of carbonyl (C=O) groups is 1. The lowest BCUT2D eigenvalue weighted by Gasteiger charge is -2.06. The Bertz CT molecular complexity index is 830. The summed E-state index contributed by atoms with van der Waals surface area (Å²) in [6.45, 7) is 0.284. The Labute approximate surface area is 138 Å². The number of hydrogen-bond acceptors (Lipinski definition) is 3. The molecule has 0 radical (unpaired) electrons. The van der Waals surface area contributed by atoms with Crippen molar-refractivity contribution >= 4 is 11.7 Å². The molecule has 6 nitrogen and oxygen atoms in total. The smallest absolute Gasteiger partial charge is 0.319 e. The van der Waals surface area contributed by atoms with Crippen LogP contribution in [0.4, 0.5) is 14.9 Å². The summed E-state index contributed by atoms with van der Waals surface area (Å²) in [5.41, 5.74) is 3.20. The fourth-order valence-electron chi connectivity index (χ4n) is 2.29. The van der Waals surface area contributed by atoms with Gasteiger partial charge >= 0.3 is 6.03 Å². The third kappa shape index (κ3) is 3.75. The molecule has 2 amide bonds. The molecule has 0 aliphatic carbocycles. The normalized spacial score (nSPS) is 10.4. The molecule has 122 valence electrons. The van der Waals surface area contributed by atoms with Crippen molar-refractivity contribution in [2.45, 2.75) is 6.54 Å². The van der Waals surface area contributed by atoms with E-state index in [-0.39, 0.29) is 18.4 Å². The van der Waals surface area contributed by atoms with Gasteiger partial charge in [0.1, 0.15) is 5.82 Å². The predicted octanol–water partition coefficient (Wildman–Crippen LogP) is 2.94. The molecular weight excluding hydrogens is 309 g/mol. The highest BCUT2D eigenvalue weighted by Gasteiger charge is 2.08. The zero-order valence-electron chi connectivity index (χ0n) is 13.0. The Morgan fingerprint density at radius 1 is 1.17 bits per heavy atom. The van der Waals surface area contributed by atoms with E-state index in [0.29, 0.717) is 5.69 Å². The number of aryl methyl sites for hydroxylation is 1. The average Bonchev–Trinajstić information content (AvgIpc) is 2.97. The lowest BCUT2D eigenvalue weighted by molar-refractivity contribution is 0.251. The van der Waals surface area contributed by atoms with E-state index in [1.807, 2.05) is 25.2 Å². The summed E-state index contributed by atoms with van der Waals surface area (Å²) in [6.07, 6.45) is 3.44. The molecule has 2 heterocycles. The zero-order valence-corrected chi connectivity index (χ0v) is 13.0. The van der Waals surface area contributed by atoms with Crippen molar-refractivity contribution in [1.29, 1.82) is 0 Å². The summed E-state index contributed by atoms with van der Waals surface area (Å²) in [6, 6.07) is 10.9. The monoisotopic (exact) mass is 325 g/mol. The van der Waals surface area contributed by atoms with E-state index in [2.05, 4.69) is 20.7 Å². The molecule has 24 heavy (non-hydrogen) atoms. The number of benzene rings is 1. The van der Waals surface area contributed by atoms with Crippen LogP contribution in [0.5, 0.6) is 0 Å². The average molecular weight is 325 g/mol. The Morgan fingerprint density at radius 2 is 1.88 bits per heavy atom. The van der Waals surface area contributed by atoms with Crippen LogP contribution in [0.3, 0.4) is 0 Å². The minimum atomic E-state index is -0.377. The second-order valence-electron chi connectivity index (χ2n) is 5.19. The summed E-state index contributed by atoms with van der Waals surface area (Å²) < 4.78 is 14.6. The first-order chi connectivity index (χ1) is 11.6. The first-order valence-electron chi connectivity index (χ1n) is 7.35. The number of pyridine rings is 1. The van der Waals surface area contributed by atoms with Crippen LogP contribution in [-0.4, -0.2) is 20.8 Å². The van der Waals surface area contributed by atoms with Gasteiger partial charge in [0.15, 0.2) is 0 Å². The summed E-state index contributed by atoms with van der Waals surface area (Å²) in [5, 5.41) is 9.74. The molecule has 0 aliphatic rings. The number of rotatable bonds is 4. The van der Waals surface area contributed by atoms with Gasteiger partial charge in [-0.15, -0.1) is 0 Å². The molecule has 0 spiro atoms. The second kappa shape index (κ2) is 6.91. The van der Waals surface area contributed by atoms with Gasteiger partial charge < -0.3 is 10.6 Å². The quantitative estimate of drug-likeness (QED) is 0.775. The molecule has 1 aromatic carbocycles. The van der Waals surface area contributed by atoms with E-state index >= 15 is 0 Å². The molecule has 0 saturated carbocycles. The second-order valence-corrected chi connectivity index (χ2v) is 5.19. The van der Waals surface area contributed by atoms with Crippen molar-refractivity contribution in [3.05, 3.63) is 66.4 Å². The SMILES string of the molecule is Cn1nc(CNC(=O)Nc2ccc(F)cc2)cc1-c1ccncc1. The van der Waals surface area contributed by atoms with E-state index in [0.717, 1.165) is 17.0 Å². The highest BCUT2D eigenvalue weighted by atomic mass is 19.1. The van der Waals surface area contributed by atoms with Gasteiger partial charge in [-0.1, -0.05) is 0 Å². The minimum Gasteiger partial charge on any atom is -0.332 e. The van der Waals surface area contributed by atoms with Gasteiger partial charge in [-0.05, 0) is 42.5 Å².